The smallest absolute Gasteiger partial charge is 0.0646 e. The molecule has 0 saturated heterocycles. The van der Waals surface area contributed by atoms with E-state index in [4.69, 9.17) is 17.3 Å². The van der Waals surface area contributed by atoms with Gasteiger partial charge in [-0.25, -0.2) is 0 Å². The predicted octanol–water partition coefficient (Wildman–Crippen LogP) is 4.44. The Morgan fingerprint density at radius 3 is 2.37 bits per heavy atom. The minimum Gasteiger partial charge on any atom is -0.343 e. The highest BCUT2D eigenvalue weighted by Crippen LogP contribution is 2.33. The van der Waals surface area contributed by atoms with E-state index in [1.807, 2.05) is 44.3 Å². The van der Waals surface area contributed by atoms with Crippen molar-refractivity contribution in [2.75, 3.05) is 11.9 Å². The monoisotopic (exact) mass is 274 g/mol. The largest absolute Gasteiger partial charge is 0.343 e. The number of anilines is 2. The lowest BCUT2D eigenvalue weighted by Gasteiger charge is -2.23. The molecule has 0 aliphatic rings. The van der Waals surface area contributed by atoms with Crippen molar-refractivity contribution in [2.45, 2.75) is 19.9 Å². The Bertz CT molecular complexity index is 579. The highest BCUT2D eigenvalue weighted by Gasteiger charge is 2.11. The fourth-order valence-corrected chi connectivity index (χ4v) is 2.46. The lowest BCUT2D eigenvalue weighted by molar-refractivity contribution is 0.818. The number of halogens is 1. The molecule has 2 aromatic rings. The van der Waals surface area contributed by atoms with Crippen LogP contribution in [0.5, 0.6) is 0 Å². The van der Waals surface area contributed by atoms with E-state index in [2.05, 4.69) is 24.0 Å². The van der Waals surface area contributed by atoms with Crippen molar-refractivity contribution in [3.05, 3.63) is 58.6 Å². The summed E-state index contributed by atoms with van der Waals surface area (Å²) in [6.07, 6.45) is 0. The van der Waals surface area contributed by atoms with Crippen molar-refractivity contribution < 1.29 is 0 Å². The second-order valence-electron chi connectivity index (χ2n) is 4.85. The number of nitrogens with zero attached hydrogens (tertiary/aromatic N) is 1. The summed E-state index contributed by atoms with van der Waals surface area (Å²) < 4.78 is 0. The molecular formula is C16H19ClN2. The molecule has 0 bridgehead atoms. The molecule has 2 aromatic carbocycles. The molecule has 1 unspecified atom stereocenters. The number of rotatable bonds is 3. The Balaban J connectivity index is 2.40. The zero-order valence-electron chi connectivity index (χ0n) is 11.5. The normalized spacial score (nSPS) is 12.3. The zero-order chi connectivity index (χ0) is 14.0. The molecule has 19 heavy (non-hydrogen) atoms. The summed E-state index contributed by atoms with van der Waals surface area (Å²) in [5.41, 5.74) is 10.3. The van der Waals surface area contributed by atoms with Crippen molar-refractivity contribution >= 4 is 23.0 Å². The van der Waals surface area contributed by atoms with Crippen LogP contribution in [-0.4, -0.2) is 7.05 Å². The number of benzene rings is 2. The number of aryl methyl sites for hydroxylation is 1. The molecule has 1 atom stereocenters. The van der Waals surface area contributed by atoms with Crippen LogP contribution in [0.1, 0.15) is 24.1 Å². The molecule has 0 aromatic heterocycles. The van der Waals surface area contributed by atoms with Crippen LogP contribution >= 0.6 is 11.6 Å². The fourth-order valence-electron chi connectivity index (χ4n) is 2.15. The molecule has 0 amide bonds. The van der Waals surface area contributed by atoms with Crippen molar-refractivity contribution in [3.63, 3.8) is 0 Å². The van der Waals surface area contributed by atoms with Gasteiger partial charge in [0, 0.05) is 18.8 Å². The van der Waals surface area contributed by atoms with E-state index >= 15 is 0 Å². The van der Waals surface area contributed by atoms with Gasteiger partial charge in [-0.3, -0.25) is 0 Å². The van der Waals surface area contributed by atoms with Crippen LogP contribution in [0, 0.1) is 6.92 Å². The summed E-state index contributed by atoms with van der Waals surface area (Å²) >= 11 is 6.37. The highest BCUT2D eigenvalue weighted by atomic mass is 35.5. The first-order chi connectivity index (χ1) is 9.00. The first-order valence-corrected chi connectivity index (χ1v) is 6.73. The van der Waals surface area contributed by atoms with E-state index in [0.29, 0.717) is 0 Å². The van der Waals surface area contributed by atoms with Crippen LogP contribution < -0.4 is 10.6 Å². The van der Waals surface area contributed by atoms with Gasteiger partial charge >= 0.3 is 0 Å². The van der Waals surface area contributed by atoms with E-state index in [1.54, 1.807) is 0 Å². The second kappa shape index (κ2) is 5.64. The van der Waals surface area contributed by atoms with E-state index in [1.165, 1.54) is 5.56 Å². The molecule has 0 fully saturated rings. The Morgan fingerprint density at radius 2 is 1.79 bits per heavy atom. The van der Waals surface area contributed by atoms with Gasteiger partial charge in [-0.05, 0) is 43.2 Å². The standard InChI is InChI=1S/C16H19ClN2/c1-11-6-4-5-7-15(11)19(3)16-9-8-13(12(2)18)10-14(16)17/h4-10,12H,18H2,1-3H3. The third-order valence-electron chi connectivity index (χ3n) is 3.34. The SMILES string of the molecule is Cc1ccccc1N(C)c1ccc(C(C)N)cc1Cl. The highest BCUT2D eigenvalue weighted by molar-refractivity contribution is 6.33. The van der Waals surface area contributed by atoms with Crippen LogP contribution in [0.25, 0.3) is 0 Å². The average Bonchev–Trinajstić information content (AvgIpc) is 2.38. The summed E-state index contributed by atoms with van der Waals surface area (Å²) in [6.45, 7) is 4.05. The van der Waals surface area contributed by atoms with Gasteiger partial charge in [0.15, 0.2) is 0 Å². The van der Waals surface area contributed by atoms with Crippen LogP contribution in [0.4, 0.5) is 11.4 Å². The molecular weight excluding hydrogens is 256 g/mol. The van der Waals surface area contributed by atoms with E-state index in [9.17, 15) is 0 Å². The second-order valence-corrected chi connectivity index (χ2v) is 5.25. The van der Waals surface area contributed by atoms with Crippen LogP contribution in [0.15, 0.2) is 42.5 Å². The van der Waals surface area contributed by atoms with Crippen LogP contribution in [0.2, 0.25) is 5.02 Å². The summed E-state index contributed by atoms with van der Waals surface area (Å²) in [4.78, 5) is 2.10. The maximum Gasteiger partial charge on any atom is 0.0646 e. The van der Waals surface area contributed by atoms with E-state index in [-0.39, 0.29) is 6.04 Å². The summed E-state index contributed by atoms with van der Waals surface area (Å²) in [7, 11) is 2.02. The van der Waals surface area contributed by atoms with E-state index < -0.39 is 0 Å². The van der Waals surface area contributed by atoms with Crippen molar-refractivity contribution in [1.82, 2.24) is 0 Å². The van der Waals surface area contributed by atoms with Gasteiger partial charge in [-0.1, -0.05) is 35.9 Å². The molecule has 0 radical (unpaired) electrons. The maximum atomic E-state index is 6.37. The molecule has 3 heteroatoms. The number of para-hydroxylation sites is 1. The molecule has 100 valence electrons. The number of nitrogens with two attached hydrogens (primary N) is 1. The fraction of sp³-hybridized carbons (Fsp3) is 0.250. The maximum absolute atomic E-state index is 6.37. The van der Waals surface area contributed by atoms with Crippen LogP contribution in [0.3, 0.4) is 0 Å². The number of hydrogen-bond donors (Lipinski definition) is 1. The van der Waals surface area contributed by atoms with Gasteiger partial charge in [0.05, 0.1) is 10.7 Å². The Morgan fingerprint density at radius 1 is 1.11 bits per heavy atom. The van der Waals surface area contributed by atoms with Crippen molar-refractivity contribution in [1.29, 1.82) is 0 Å². The topological polar surface area (TPSA) is 29.3 Å². The van der Waals surface area contributed by atoms with Gasteiger partial charge < -0.3 is 10.6 Å². The van der Waals surface area contributed by atoms with Gasteiger partial charge in [-0.15, -0.1) is 0 Å². The lowest BCUT2D eigenvalue weighted by Crippen LogP contribution is -2.12. The first-order valence-electron chi connectivity index (χ1n) is 6.35. The molecule has 2 N–H and O–H groups in total. The van der Waals surface area contributed by atoms with Crippen molar-refractivity contribution in [3.8, 4) is 0 Å². The summed E-state index contributed by atoms with van der Waals surface area (Å²) in [6, 6.07) is 14.2. The number of hydrogen-bond acceptors (Lipinski definition) is 2. The minimum absolute atomic E-state index is 0.00434. The Kier molecular flexibility index (Phi) is 4.13. The van der Waals surface area contributed by atoms with Gasteiger partial charge in [0.1, 0.15) is 0 Å². The summed E-state index contributed by atoms with van der Waals surface area (Å²) in [5, 5.41) is 0.723. The lowest BCUT2D eigenvalue weighted by atomic mass is 10.1. The average molecular weight is 275 g/mol. The molecule has 0 heterocycles. The molecule has 0 aliphatic heterocycles. The van der Waals surface area contributed by atoms with E-state index in [0.717, 1.165) is 22.0 Å². The zero-order valence-corrected chi connectivity index (χ0v) is 12.3. The first kappa shape index (κ1) is 13.9. The molecule has 0 spiro atoms. The predicted molar refractivity (Wildman–Crippen MR) is 83.3 cm³/mol. The summed E-state index contributed by atoms with van der Waals surface area (Å²) in [5.74, 6) is 0. The van der Waals surface area contributed by atoms with Gasteiger partial charge in [0.2, 0.25) is 0 Å². The quantitative estimate of drug-likeness (QED) is 0.897. The van der Waals surface area contributed by atoms with Gasteiger partial charge in [0.25, 0.3) is 0 Å². The third kappa shape index (κ3) is 2.91. The molecule has 0 aliphatic carbocycles. The third-order valence-corrected chi connectivity index (χ3v) is 3.64. The molecule has 2 rings (SSSR count). The van der Waals surface area contributed by atoms with Crippen LogP contribution in [-0.2, 0) is 0 Å². The van der Waals surface area contributed by atoms with Gasteiger partial charge in [-0.2, -0.15) is 0 Å². The molecule has 0 saturated carbocycles. The Labute approximate surface area is 119 Å². The van der Waals surface area contributed by atoms with Crippen molar-refractivity contribution in [2.24, 2.45) is 5.73 Å². The molecule has 2 nitrogen and oxygen atoms in total. The Hall–Kier alpha value is -1.51. The minimum atomic E-state index is -0.00434.